The van der Waals surface area contributed by atoms with E-state index in [9.17, 15) is 34.2 Å². The molecule has 3 saturated heterocycles. The summed E-state index contributed by atoms with van der Waals surface area (Å²) in [6.45, 7) is 6.89. The first kappa shape index (κ1) is 107. The molecule has 0 radical (unpaired) electrons. The Balaban J connectivity index is 0.775. The van der Waals surface area contributed by atoms with Crippen LogP contribution >= 0.6 is 0 Å². The fraction of sp³-hybridized carbons (Fsp3) is 0.456. The molecule has 42 heteroatoms. The fourth-order valence-electron chi connectivity index (χ4n) is 19.7. The van der Waals surface area contributed by atoms with Crippen LogP contribution in [0.15, 0.2) is 152 Å². The zero-order valence-corrected chi connectivity index (χ0v) is 82.0. The maximum Gasteiger partial charge on any atom is 0.326 e. The van der Waals surface area contributed by atoms with E-state index in [-0.39, 0.29) is 160 Å². The lowest BCUT2D eigenvalue weighted by Crippen LogP contribution is -2.61. The highest BCUT2D eigenvalue weighted by Crippen LogP contribution is 2.31. The minimum absolute atomic E-state index is 0.00832. The molecule has 0 aliphatic carbocycles. The predicted molar refractivity (Wildman–Crippen MR) is 546 cm³/mol. The number of rotatable bonds is 51. The molecule has 8 heterocycles. The Hall–Kier alpha value is -15.2. The first-order chi connectivity index (χ1) is 69.8. The smallest absolute Gasteiger partial charge is 0.326 e. The van der Waals surface area contributed by atoms with E-state index in [1.807, 2.05) is 129 Å². The number of amides is 13. The molecular weight excluding hydrogens is 1860 g/mol. The molecule has 3 aliphatic heterocycles. The van der Waals surface area contributed by atoms with Gasteiger partial charge in [-0.3, -0.25) is 73.1 Å². The highest BCUT2D eigenvalue weighted by Gasteiger charge is 2.46. The van der Waals surface area contributed by atoms with Gasteiger partial charge in [-0.05, 0) is 166 Å². The highest BCUT2D eigenvalue weighted by molar-refractivity contribution is 6.03. The average molecular weight is 1990 g/mol. The second kappa shape index (κ2) is 50.6. The van der Waals surface area contributed by atoms with E-state index in [0.29, 0.717) is 97.1 Å². The van der Waals surface area contributed by atoms with E-state index in [1.165, 1.54) is 14.7 Å². The molecule has 0 bridgehead atoms. The molecule has 5 aromatic heterocycles. The van der Waals surface area contributed by atoms with E-state index >= 15 is 43.2 Å². The molecule has 145 heavy (non-hydrogen) atoms. The van der Waals surface area contributed by atoms with Crippen LogP contribution in [0.1, 0.15) is 152 Å². The summed E-state index contributed by atoms with van der Waals surface area (Å²) in [5.74, 6) is -12.5. The van der Waals surface area contributed by atoms with Gasteiger partial charge in [0.2, 0.25) is 76.8 Å². The Morgan fingerprint density at radius 3 is 0.966 bits per heavy atom. The van der Waals surface area contributed by atoms with Crippen molar-refractivity contribution in [2.45, 2.75) is 241 Å². The summed E-state index contributed by atoms with van der Waals surface area (Å²) in [6.07, 6.45) is 10.4. The van der Waals surface area contributed by atoms with Crippen molar-refractivity contribution in [3.63, 3.8) is 0 Å². The summed E-state index contributed by atoms with van der Waals surface area (Å²) in [5, 5.41) is 72.9. The molecule has 0 spiro atoms. The van der Waals surface area contributed by atoms with Gasteiger partial charge in [-0.1, -0.05) is 125 Å². The van der Waals surface area contributed by atoms with Crippen LogP contribution in [0.3, 0.4) is 0 Å². The van der Waals surface area contributed by atoms with E-state index in [1.54, 1.807) is 50.9 Å². The topological polar surface area (TPSA) is 664 Å². The molecule has 10 aromatic rings. The zero-order chi connectivity index (χ0) is 104. The molecule has 0 unspecified atom stereocenters. The Morgan fingerprint density at radius 2 is 0.669 bits per heavy atom. The SMILES string of the molecule is CC[C@H](C)[C@H](NC(=O)[C@H](CC(C)C)NC(=O)[C@@H]1CCCN1C(=O)[C@H](Cc1c[nH]c2ccccc12)NC(=O)[C@H](CCCCN)NC(=O)[C@H](Cc1c[nH]c2ccccc12)NC(=O)[C@@H]1CCCN1C(=O)[C@H](Cc1c[nH]c2ccccc12)NC(=O)[C@H](Cc1c[nH]c2ccccc12)NC(=O)[C@@H]1CCCN1C(=O)[C@H](Cc1c[nH]c2ccccc12)NC(=O)[C@H](CCCNC(=N)N)NC(=O)[C@H](CCCNC(=N)N)NC(=O)[C@@H](N)CO)C(=O)O. The van der Waals surface area contributed by atoms with Gasteiger partial charge in [-0.25, -0.2) is 4.79 Å². The second-order valence-electron chi connectivity index (χ2n) is 38.3. The Labute approximate surface area is 838 Å². The molecule has 13 amide bonds. The number of nitrogens with one attached hydrogen (secondary N) is 19. The van der Waals surface area contributed by atoms with E-state index in [2.05, 4.69) is 88.7 Å². The van der Waals surface area contributed by atoms with Gasteiger partial charge in [0.1, 0.15) is 84.6 Å². The number of carbonyl (C=O) groups excluding carboxylic acids is 13. The van der Waals surface area contributed by atoms with Gasteiger partial charge in [0, 0.05) is 150 Å². The van der Waals surface area contributed by atoms with Gasteiger partial charge in [0.15, 0.2) is 11.9 Å². The van der Waals surface area contributed by atoms with Gasteiger partial charge >= 0.3 is 5.97 Å². The van der Waals surface area contributed by atoms with E-state index in [0.717, 1.165) is 10.9 Å². The number of unbranched alkanes of at least 4 members (excludes halogenated alkanes) is 1. The van der Waals surface area contributed by atoms with Crippen molar-refractivity contribution in [3.8, 4) is 0 Å². The van der Waals surface area contributed by atoms with Crippen LogP contribution in [0.25, 0.3) is 54.5 Å². The number of hydrogen-bond donors (Lipinski definition) is 25. The molecule has 3 fully saturated rings. The van der Waals surface area contributed by atoms with Crippen LogP contribution < -0.4 is 86.7 Å². The lowest BCUT2D eigenvalue weighted by atomic mass is 9.97. The summed E-state index contributed by atoms with van der Waals surface area (Å²) >= 11 is 0. The molecular formula is C103H136N26O16. The number of aliphatic hydroxyl groups excluding tert-OH is 1. The largest absolute Gasteiger partial charge is 0.480 e. The summed E-state index contributed by atoms with van der Waals surface area (Å²) in [6, 6.07) is 17.5. The van der Waals surface area contributed by atoms with Gasteiger partial charge in [-0.2, -0.15) is 0 Å². The van der Waals surface area contributed by atoms with Crippen LogP contribution in [-0.4, -0.2) is 275 Å². The number of aromatic amines is 5. The maximum absolute atomic E-state index is 16.2. The number of nitrogens with zero attached hydrogens (tertiary/aromatic N) is 3. The number of carboxylic acids is 1. The number of carboxylic acid groups (broad SMARTS) is 1. The number of H-pyrrole nitrogens is 5. The molecule has 5 aromatic carbocycles. The lowest BCUT2D eigenvalue weighted by molar-refractivity contribution is -0.144. The standard InChI is InChI=1S/C103H136N26O16/c1-5-58(4)87(101(144)145)126-94(137)78(45-57(2)3)120-95(138)84-36-20-42-127(84)98(141)81(48-61-53-114-72-30-13-8-25-66(61)72)123-90(133)75(33-16-17-39-104)119-92(135)79(46-59-51-112-70-28-11-6-23-64(59)70)121-96(139)85-37-22-44-129(85)100(143)83(50-63-55-116-74-32-15-10-27-68(63)74)125-93(136)80(47-60-52-113-71-29-12-7-24-65(60)71)122-97(140)86-38-21-43-128(86)99(142)82(49-62-54-115-73-31-14-9-26-67(62)73)124-91(134)77(35-19-41-111-103(108)109)118-89(132)76(34-18-40-110-102(106)107)117-88(131)69(105)56-130/h6-15,23-32,51-55,57-58,69,75-87,112-116,130H,5,16-22,33-50,56,104-105H2,1-4H3,(H,117,131)(H,118,132)(H,119,135)(H,120,138)(H,121,139)(H,122,140)(H,123,133)(H,124,134)(H,125,136)(H,126,137)(H,144,145)(H4,106,107,110)(H4,108,109,111)/t58-,69-,75-,76-,77-,78-,79-,80-,81-,82-,83-,84-,85-,86-,87-/m0/s1. The molecule has 29 N–H and O–H groups in total. The zero-order valence-electron chi connectivity index (χ0n) is 82.0. The van der Waals surface area contributed by atoms with Crippen LogP contribution in [0.4, 0.5) is 0 Å². The quantitative estimate of drug-likeness (QED) is 0.0148. The molecule has 774 valence electrons. The molecule has 13 rings (SSSR count). The minimum Gasteiger partial charge on any atom is -0.480 e. The minimum atomic E-state index is -1.51. The second-order valence-corrected chi connectivity index (χ2v) is 38.3. The summed E-state index contributed by atoms with van der Waals surface area (Å²) in [4.78, 5) is 231. The number of nitrogens with two attached hydrogens (primary N) is 4. The van der Waals surface area contributed by atoms with Crippen LogP contribution in [0.2, 0.25) is 0 Å². The maximum atomic E-state index is 16.2. The third kappa shape index (κ3) is 27.6. The first-order valence-corrected chi connectivity index (χ1v) is 49.9. The van der Waals surface area contributed by atoms with E-state index in [4.69, 9.17) is 33.8 Å². The van der Waals surface area contributed by atoms with Gasteiger partial charge in [0.05, 0.1) is 6.61 Å². The third-order valence-corrected chi connectivity index (χ3v) is 27.6. The highest BCUT2D eigenvalue weighted by atomic mass is 16.4. The van der Waals surface area contributed by atoms with Crippen molar-refractivity contribution < 1.29 is 77.3 Å². The number of likely N-dealkylation sites (tertiary alicyclic amines) is 3. The Morgan fingerprint density at radius 1 is 0.386 bits per heavy atom. The average Bonchev–Trinajstić information content (AvgIpc) is 1.71. The molecule has 15 atom stereocenters. The van der Waals surface area contributed by atoms with Gasteiger partial charge in [0.25, 0.3) is 0 Å². The number of para-hydroxylation sites is 5. The number of carbonyl (C=O) groups is 14. The van der Waals surface area contributed by atoms with Crippen molar-refractivity contribution in [1.29, 1.82) is 10.8 Å². The fourth-order valence-corrected chi connectivity index (χ4v) is 19.7. The predicted octanol–water partition coefficient (Wildman–Crippen LogP) is 2.58. The Bertz CT molecular complexity index is 6300. The van der Waals surface area contributed by atoms with Crippen LogP contribution in [0, 0.1) is 22.7 Å². The summed E-state index contributed by atoms with van der Waals surface area (Å²) in [7, 11) is 0. The van der Waals surface area contributed by atoms with Crippen molar-refractivity contribution in [2.75, 3.05) is 45.9 Å². The van der Waals surface area contributed by atoms with E-state index < -0.39 is 180 Å². The van der Waals surface area contributed by atoms with Crippen molar-refractivity contribution in [3.05, 3.63) is 180 Å². The summed E-state index contributed by atoms with van der Waals surface area (Å²) in [5.41, 5.74) is 29.7. The van der Waals surface area contributed by atoms with Crippen LogP contribution in [0.5, 0.6) is 0 Å². The van der Waals surface area contributed by atoms with Crippen molar-refractivity contribution in [1.82, 2.24) is 103 Å². The monoisotopic (exact) mass is 1990 g/mol. The van der Waals surface area contributed by atoms with Gasteiger partial charge in [-0.15, -0.1) is 0 Å². The number of aromatic nitrogens is 5. The molecule has 0 saturated carbocycles. The summed E-state index contributed by atoms with van der Waals surface area (Å²) < 4.78 is 0. The lowest BCUT2D eigenvalue weighted by Gasteiger charge is -2.32. The van der Waals surface area contributed by atoms with Gasteiger partial charge < -0.3 is 137 Å². The molecule has 3 aliphatic rings. The molecule has 42 nitrogen and oxygen atoms in total. The first-order valence-electron chi connectivity index (χ1n) is 49.9. The number of fused-ring (bicyclic) bond motifs is 5. The number of hydrogen-bond acceptors (Lipinski definition) is 19. The van der Waals surface area contributed by atoms with Crippen LogP contribution in [-0.2, 0) is 99.2 Å². The number of guanidine groups is 2. The normalized spacial score (nSPS) is 17.2. The van der Waals surface area contributed by atoms with Crippen molar-refractivity contribution >= 4 is 149 Å². The number of aliphatic carboxylic acids is 1. The van der Waals surface area contributed by atoms with Crippen molar-refractivity contribution in [2.24, 2.45) is 34.8 Å². The Kier molecular flexibility index (Phi) is 37.4. The number of aliphatic hydroxyl groups is 1. The number of benzene rings is 5. The third-order valence-electron chi connectivity index (χ3n) is 27.6.